The van der Waals surface area contributed by atoms with E-state index in [1.54, 1.807) is 0 Å². The number of alkyl halides is 1. The molecule has 1 unspecified atom stereocenters. The van der Waals surface area contributed by atoms with Gasteiger partial charge >= 0.3 is 0 Å². The molecule has 0 N–H and O–H groups in total. The average Bonchev–Trinajstić information content (AvgIpc) is 2.67. The van der Waals surface area contributed by atoms with Gasteiger partial charge in [0, 0.05) is 5.57 Å². The largest absolute Gasteiger partial charge is 0.461 e. The molecule has 2 nitrogen and oxygen atoms in total. The van der Waals surface area contributed by atoms with E-state index in [0.29, 0.717) is 12.5 Å². The van der Waals surface area contributed by atoms with E-state index in [1.807, 2.05) is 0 Å². The third kappa shape index (κ3) is 2.11. The van der Waals surface area contributed by atoms with Gasteiger partial charge in [0.25, 0.3) is 5.95 Å². The number of halogens is 1. The summed E-state index contributed by atoms with van der Waals surface area (Å²) in [5.74, 6) is 1.31. The van der Waals surface area contributed by atoms with Crippen LogP contribution in [0.3, 0.4) is 0 Å². The first-order valence-electron chi connectivity index (χ1n) is 4.97. The lowest BCUT2D eigenvalue weighted by Crippen LogP contribution is -2.10. The zero-order valence-corrected chi connectivity index (χ0v) is 8.48. The Hall–Kier alpha value is -0.370. The Morgan fingerprint density at radius 3 is 2.62 bits per heavy atom. The molecule has 0 aromatic rings. The monoisotopic (exact) mass is 202 g/mol. The molecule has 0 spiro atoms. The normalized spacial score (nSPS) is 28.5. The fourth-order valence-electron chi connectivity index (χ4n) is 1.83. The second kappa shape index (κ2) is 4.23. The molecular weight excluding hydrogens is 188 g/mol. The Morgan fingerprint density at radius 2 is 2.00 bits per heavy atom. The van der Waals surface area contributed by atoms with E-state index >= 15 is 0 Å². The molecule has 1 aliphatic carbocycles. The maximum absolute atomic E-state index is 5.68. The van der Waals surface area contributed by atoms with Gasteiger partial charge in [0.1, 0.15) is 12.7 Å². The highest BCUT2D eigenvalue weighted by Gasteiger charge is 2.24. The SMILES string of the molecule is ClCC1COC(=C2CCCCC2)O1. The van der Waals surface area contributed by atoms with Gasteiger partial charge in [-0.25, -0.2) is 0 Å². The lowest BCUT2D eigenvalue weighted by atomic mass is 9.96. The summed E-state index contributed by atoms with van der Waals surface area (Å²) in [4.78, 5) is 0. The smallest absolute Gasteiger partial charge is 0.278 e. The van der Waals surface area contributed by atoms with Crippen molar-refractivity contribution >= 4 is 11.6 Å². The first-order valence-corrected chi connectivity index (χ1v) is 5.51. The number of hydrogen-bond donors (Lipinski definition) is 0. The molecule has 0 amide bonds. The van der Waals surface area contributed by atoms with Crippen LogP contribution in [0.25, 0.3) is 0 Å². The maximum Gasteiger partial charge on any atom is 0.278 e. The van der Waals surface area contributed by atoms with Crippen molar-refractivity contribution in [2.75, 3.05) is 12.5 Å². The molecule has 1 atom stereocenters. The minimum Gasteiger partial charge on any atom is -0.461 e. The Bertz CT molecular complexity index is 205. The fourth-order valence-corrected chi connectivity index (χ4v) is 1.98. The number of allylic oxidation sites excluding steroid dienone is 1. The molecule has 2 fully saturated rings. The van der Waals surface area contributed by atoms with E-state index < -0.39 is 0 Å². The molecule has 2 rings (SSSR count). The molecular formula is C10H15ClO2. The van der Waals surface area contributed by atoms with E-state index in [4.69, 9.17) is 21.1 Å². The second-order valence-corrected chi connectivity index (χ2v) is 3.97. The molecule has 0 radical (unpaired) electrons. The van der Waals surface area contributed by atoms with Crippen LogP contribution < -0.4 is 0 Å². The van der Waals surface area contributed by atoms with E-state index in [2.05, 4.69) is 0 Å². The van der Waals surface area contributed by atoms with E-state index in [-0.39, 0.29) is 6.10 Å². The average molecular weight is 203 g/mol. The highest BCUT2D eigenvalue weighted by atomic mass is 35.5. The number of rotatable bonds is 1. The summed E-state index contributed by atoms with van der Waals surface area (Å²) in [5, 5.41) is 0. The predicted molar refractivity (Wildman–Crippen MR) is 51.7 cm³/mol. The summed E-state index contributed by atoms with van der Waals surface area (Å²) < 4.78 is 11.0. The summed E-state index contributed by atoms with van der Waals surface area (Å²) in [6, 6.07) is 0. The van der Waals surface area contributed by atoms with Crippen molar-refractivity contribution in [1.29, 1.82) is 0 Å². The van der Waals surface area contributed by atoms with Crippen LogP contribution in [-0.4, -0.2) is 18.6 Å². The van der Waals surface area contributed by atoms with Crippen LogP contribution in [0, 0.1) is 0 Å². The highest BCUT2D eigenvalue weighted by molar-refractivity contribution is 6.18. The Morgan fingerprint density at radius 1 is 1.23 bits per heavy atom. The zero-order chi connectivity index (χ0) is 9.10. The van der Waals surface area contributed by atoms with E-state index in [1.165, 1.54) is 24.8 Å². The van der Waals surface area contributed by atoms with Crippen LogP contribution >= 0.6 is 11.6 Å². The highest BCUT2D eigenvalue weighted by Crippen LogP contribution is 2.30. The number of ether oxygens (including phenoxy) is 2. The van der Waals surface area contributed by atoms with Crippen molar-refractivity contribution in [3.05, 3.63) is 11.5 Å². The van der Waals surface area contributed by atoms with E-state index in [9.17, 15) is 0 Å². The molecule has 1 saturated heterocycles. The molecule has 0 aromatic carbocycles. The second-order valence-electron chi connectivity index (χ2n) is 3.66. The van der Waals surface area contributed by atoms with Crippen LogP contribution in [0.2, 0.25) is 0 Å². The van der Waals surface area contributed by atoms with Gasteiger partial charge in [-0.2, -0.15) is 0 Å². The lowest BCUT2D eigenvalue weighted by molar-refractivity contribution is 0.143. The minimum absolute atomic E-state index is 0.0751. The van der Waals surface area contributed by atoms with Crippen molar-refractivity contribution in [1.82, 2.24) is 0 Å². The molecule has 13 heavy (non-hydrogen) atoms. The third-order valence-corrected chi connectivity index (χ3v) is 2.94. The van der Waals surface area contributed by atoms with Crippen molar-refractivity contribution in [3.8, 4) is 0 Å². The van der Waals surface area contributed by atoms with E-state index in [0.717, 1.165) is 18.8 Å². The molecule has 0 bridgehead atoms. The quantitative estimate of drug-likeness (QED) is 0.609. The third-order valence-electron chi connectivity index (χ3n) is 2.59. The van der Waals surface area contributed by atoms with Gasteiger partial charge in [0.05, 0.1) is 5.88 Å². The Labute approximate surface area is 83.9 Å². The Kier molecular flexibility index (Phi) is 2.99. The summed E-state index contributed by atoms with van der Waals surface area (Å²) >= 11 is 5.68. The fraction of sp³-hybridized carbons (Fsp3) is 0.800. The molecule has 3 heteroatoms. The molecule has 74 valence electrons. The zero-order valence-electron chi connectivity index (χ0n) is 7.72. The molecule has 0 aromatic heterocycles. The van der Waals surface area contributed by atoms with Gasteiger partial charge in [0.2, 0.25) is 0 Å². The van der Waals surface area contributed by atoms with Crippen LogP contribution in [0.5, 0.6) is 0 Å². The molecule has 1 heterocycles. The molecule has 2 aliphatic rings. The summed E-state index contributed by atoms with van der Waals surface area (Å²) in [7, 11) is 0. The lowest BCUT2D eigenvalue weighted by Gasteiger charge is -2.14. The van der Waals surface area contributed by atoms with Gasteiger partial charge < -0.3 is 9.47 Å². The Balaban J connectivity index is 1.98. The van der Waals surface area contributed by atoms with Crippen molar-refractivity contribution in [2.24, 2.45) is 0 Å². The predicted octanol–water partition coefficient (Wildman–Crippen LogP) is 2.82. The topological polar surface area (TPSA) is 18.5 Å². The van der Waals surface area contributed by atoms with Gasteiger partial charge in [0.15, 0.2) is 0 Å². The van der Waals surface area contributed by atoms with Gasteiger partial charge in [-0.1, -0.05) is 6.42 Å². The van der Waals surface area contributed by atoms with Gasteiger partial charge in [-0.15, -0.1) is 11.6 Å². The summed E-state index contributed by atoms with van der Waals surface area (Å²) in [6.07, 6.45) is 6.25. The first-order chi connectivity index (χ1) is 6.40. The van der Waals surface area contributed by atoms with Gasteiger partial charge in [-0.05, 0) is 25.7 Å². The molecule has 1 aliphatic heterocycles. The van der Waals surface area contributed by atoms with Crippen LogP contribution in [0.15, 0.2) is 11.5 Å². The van der Waals surface area contributed by atoms with Crippen LogP contribution in [0.4, 0.5) is 0 Å². The van der Waals surface area contributed by atoms with Crippen molar-refractivity contribution in [2.45, 2.75) is 38.2 Å². The summed E-state index contributed by atoms with van der Waals surface area (Å²) in [5.41, 5.74) is 1.36. The molecule has 1 saturated carbocycles. The standard InChI is InChI=1S/C10H15ClO2/c11-6-9-7-12-10(13-9)8-4-2-1-3-5-8/h9H,1-7H2. The minimum atomic E-state index is 0.0751. The number of hydrogen-bond acceptors (Lipinski definition) is 2. The van der Waals surface area contributed by atoms with Crippen molar-refractivity contribution in [3.63, 3.8) is 0 Å². The van der Waals surface area contributed by atoms with Crippen molar-refractivity contribution < 1.29 is 9.47 Å². The van der Waals surface area contributed by atoms with Gasteiger partial charge in [-0.3, -0.25) is 0 Å². The first kappa shape index (κ1) is 9.20. The van der Waals surface area contributed by atoms with Crippen LogP contribution in [-0.2, 0) is 9.47 Å². The van der Waals surface area contributed by atoms with Crippen LogP contribution in [0.1, 0.15) is 32.1 Å². The summed E-state index contributed by atoms with van der Waals surface area (Å²) in [6.45, 7) is 0.627. The maximum atomic E-state index is 5.68.